The summed E-state index contributed by atoms with van der Waals surface area (Å²) < 4.78 is 6.99. The molecule has 1 amide bonds. The first kappa shape index (κ1) is 25.3. The Labute approximate surface area is 186 Å². The summed E-state index contributed by atoms with van der Waals surface area (Å²) in [6.45, 7) is 16.9. The van der Waals surface area contributed by atoms with Gasteiger partial charge in [0, 0.05) is 32.4 Å². The highest BCUT2D eigenvalue weighted by Crippen LogP contribution is 2.59. The molecule has 0 N–H and O–H groups in total. The third kappa shape index (κ3) is 5.82. The van der Waals surface area contributed by atoms with E-state index in [4.69, 9.17) is 4.43 Å². The summed E-state index contributed by atoms with van der Waals surface area (Å²) in [6, 6.07) is 0. The van der Waals surface area contributed by atoms with Gasteiger partial charge in [-0.05, 0) is 72.7 Å². The van der Waals surface area contributed by atoms with Crippen LogP contribution in [0.3, 0.4) is 0 Å². The van der Waals surface area contributed by atoms with Crippen LogP contribution in [0.25, 0.3) is 0 Å². The van der Waals surface area contributed by atoms with Crippen molar-refractivity contribution in [1.82, 2.24) is 4.90 Å². The molecule has 2 aliphatic carbocycles. The van der Waals surface area contributed by atoms with E-state index in [0.29, 0.717) is 17.9 Å². The molecule has 0 bridgehead atoms. The van der Waals surface area contributed by atoms with Gasteiger partial charge in [-0.25, -0.2) is 0 Å². The van der Waals surface area contributed by atoms with Gasteiger partial charge >= 0.3 is 0 Å². The van der Waals surface area contributed by atoms with Crippen molar-refractivity contribution >= 4 is 26.0 Å². The molecule has 0 heterocycles. The van der Waals surface area contributed by atoms with E-state index in [9.17, 15) is 4.79 Å². The van der Waals surface area contributed by atoms with Gasteiger partial charge in [-0.3, -0.25) is 4.79 Å². The quantitative estimate of drug-likeness (QED) is 0.320. The van der Waals surface area contributed by atoms with Crippen LogP contribution in [0, 0.1) is 23.2 Å². The molecule has 0 aromatic carbocycles. The Bertz CT molecular complexity index is 560. The molecule has 0 radical (unpaired) electrons. The van der Waals surface area contributed by atoms with E-state index in [1.54, 1.807) is 4.90 Å². The van der Waals surface area contributed by atoms with Gasteiger partial charge in [-0.15, -0.1) is 0 Å². The number of hydrogen-bond donors (Lipinski definition) is 0. The van der Waals surface area contributed by atoms with Crippen LogP contribution in [-0.2, 0) is 9.22 Å². The van der Waals surface area contributed by atoms with Crippen LogP contribution in [-0.4, -0.2) is 50.8 Å². The van der Waals surface area contributed by atoms with Crippen molar-refractivity contribution in [3.8, 4) is 0 Å². The summed E-state index contributed by atoms with van der Waals surface area (Å²) in [5, 5.41) is 0.285. The molecule has 3 nitrogen and oxygen atoms in total. The predicted octanol–water partition coefficient (Wildman–Crippen LogP) is 6.44. The molecule has 0 spiro atoms. The minimum absolute atomic E-state index is 0.246. The molecule has 5 atom stereocenters. The lowest BCUT2D eigenvalue weighted by atomic mass is 9.62. The molecular formula is C24H47NO2SSi. The molecule has 2 saturated carbocycles. The zero-order chi connectivity index (χ0) is 22.0. The largest absolute Gasteiger partial charge is 0.414 e. The molecule has 0 aromatic rings. The lowest BCUT2D eigenvalue weighted by Crippen LogP contribution is -2.50. The van der Waals surface area contributed by atoms with Crippen molar-refractivity contribution < 1.29 is 9.22 Å². The highest BCUT2D eigenvalue weighted by molar-refractivity contribution is 7.99. The fraction of sp³-hybridized carbons (Fsp3) is 0.958. The molecule has 2 fully saturated rings. The van der Waals surface area contributed by atoms with Gasteiger partial charge < -0.3 is 9.33 Å². The second kappa shape index (κ2) is 9.64. The van der Waals surface area contributed by atoms with Crippen molar-refractivity contribution in [3.05, 3.63) is 0 Å². The van der Waals surface area contributed by atoms with E-state index in [1.807, 2.05) is 25.9 Å². The zero-order valence-corrected chi connectivity index (χ0v) is 22.5. The number of thioether (sulfide) groups is 1. The van der Waals surface area contributed by atoms with E-state index in [1.165, 1.54) is 37.9 Å². The highest BCUT2D eigenvalue weighted by atomic mass is 32.2. The molecule has 5 heteroatoms. The number of fused-ring (bicyclic) bond motifs is 1. The van der Waals surface area contributed by atoms with Crippen molar-refractivity contribution in [2.45, 2.75) is 97.4 Å². The van der Waals surface area contributed by atoms with E-state index in [-0.39, 0.29) is 10.9 Å². The Hall–Kier alpha value is -0.00312. The van der Waals surface area contributed by atoms with Gasteiger partial charge in [0.1, 0.15) is 0 Å². The molecule has 2 aliphatic rings. The Morgan fingerprint density at radius 1 is 1.24 bits per heavy atom. The third-order valence-electron chi connectivity index (χ3n) is 8.41. The number of rotatable bonds is 8. The van der Waals surface area contributed by atoms with Crippen LogP contribution < -0.4 is 0 Å². The SMILES string of the molecule is C[C@H](CSCCC(=O)N(C)C)C1CC[C@H]2C(O[Si](C)(C)C(C)(C)C)CCC[C@]12C. The summed E-state index contributed by atoms with van der Waals surface area (Å²) in [7, 11) is 1.98. The molecule has 2 unspecified atom stereocenters. The minimum Gasteiger partial charge on any atom is -0.414 e. The summed E-state index contributed by atoms with van der Waals surface area (Å²) in [6.07, 6.45) is 7.78. The first-order valence-corrected chi connectivity index (χ1v) is 15.8. The fourth-order valence-electron chi connectivity index (χ4n) is 5.56. The third-order valence-corrected chi connectivity index (χ3v) is 14.2. The molecule has 0 saturated heterocycles. The number of nitrogens with zero attached hydrogens (tertiary/aromatic N) is 1. The van der Waals surface area contributed by atoms with Crippen molar-refractivity contribution in [2.24, 2.45) is 23.2 Å². The van der Waals surface area contributed by atoms with Gasteiger partial charge in [0.2, 0.25) is 5.91 Å². The molecular weight excluding hydrogens is 394 g/mol. The predicted molar refractivity (Wildman–Crippen MR) is 130 cm³/mol. The number of carbonyl (C=O) groups is 1. The molecule has 2 rings (SSSR count). The van der Waals surface area contributed by atoms with Crippen LogP contribution in [0.15, 0.2) is 0 Å². The highest BCUT2D eigenvalue weighted by Gasteiger charge is 2.54. The zero-order valence-electron chi connectivity index (χ0n) is 20.6. The van der Waals surface area contributed by atoms with E-state index < -0.39 is 8.32 Å². The summed E-state index contributed by atoms with van der Waals surface area (Å²) >= 11 is 1.97. The van der Waals surface area contributed by atoms with Crippen molar-refractivity contribution in [3.63, 3.8) is 0 Å². The van der Waals surface area contributed by atoms with Crippen molar-refractivity contribution in [2.75, 3.05) is 25.6 Å². The molecule has 0 aromatic heterocycles. The number of hydrogen-bond acceptors (Lipinski definition) is 3. The van der Waals surface area contributed by atoms with E-state index in [2.05, 4.69) is 47.7 Å². The molecule has 170 valence electrons. The minimum atomic E-state index is -1.72. The smallest absolute Gasteiger partial charge is 0.222 e. The maximum Gasteiger partial charge on any atom is 0.222 e. The number of carbonyl (C=O) groups excluding carboxylic acids is 1. The Kier molecular flexibility index (Phi) is 8.40. The fourth-order valence-corrected chi connectivity index (χ4v) is 8.04. The standard InChI is InChI=1S/C24H47NO2SSi/c1-18(17-28-16-14-22(26)25(6)7)19-12-13-20-21(11-10-15-24(19,20)5)27-29(8,9)23(2,3)4/h18-21H,10-17H2,1-9H3/t18-,19?,20+,21?,24-/m1/s1. The van der Waals surface area contributed by atoms with Crippen LogP contribution >= 0.6 is 11.8 Å². The summed E-state index contributed by atoms with van der Waals surface area (Å²) in [5.41, 5.74) is 0.435. The van der Waals surface area contributed by atoms with Gasteiger partial charge in [0.25, 0.3) is 0 Å². The van der Waals surface area contributed by atoms with Crippen LogP contribution in [0.2, 0.25) is 18.1 Å². The monoisotopic (exact) mass is 441 g/mol. The van der Waals surface area contributed by atoms with Gasteiger partial charge in [0.15, 0.2) is 8.32 Å². The first-order valence-electron chi connectivity index (χ1n) is 11.8. The lowest BCUT2D eigenvalue weighted by molar-refractivity contribution is -0.128. The van der Waals surface area contributed by atoms with Crippen LogP contribution in [0.1, 0.15) is 73.1 Å². The molecule has 0 aliphatic heterocycles. The summed E-state index contributed by atoms with van der Waals surface area (Å²) in [5.74, 6) is 4.63. The molecule has 29 heavy (non-hydrogen) atoms. The summed E-state index contributed by atoms with van der Waals surface area (Å²) in [4.78, 5) is 13.5. The van der Waals surface area contributed by atoms with Gasteiger partial charge in [-0.1, -0.05) is 41.0 Å². The van der Waals surface area contributed by atoms with E-state index in [0.717, 1.165) is 23.5 Å². The Morgan fingerprint density at radius 3 is 2.48 bits per heavy atom. The second-order valence-electron chi connectivity index (χ2n) is 11.7. The maximum absolute atomic E-state index is 11.8. The Morgan fingerprint density at radius 2 is 1.90 bits per heavy atom. The van der Waals surface area contributed by atoms with Gasteiger partial charge in [-0.2, -0.15) is 11.8 Å². The van der Waals surface area contributed by atoms with Gasteiger partial charge in [0.05, 0.1) is 0 Å². The Balaban J connectivity index is 1.96. The van der Waals surface area contributed by atoms with Crippen LogP contribution in [0.4, 0.5) is 0 Å². The lowest BCUT2D eigenvalue weighted by Gasteiger charge is -2.50. The average Bonchev–Trinajstić information content (AvgIpc) is 2.95. The topological polar surface area (TPSA) is 29.5 Å². The second-order valence-corrected chi connectivity index (χ2v) is 17.6. The van der Waals surface area contributed by atoms with Crippen molar-refractivity contribution in [1.29, 1.82) is 0 Å². The first-order chi connectivity index (χ1) is 13.3. The van der Waals surface area contributed by atoms with E-state index >= 15 is 0 Å². The number of amides is 1. The average molecular weight is 442 g/mol. The maximum atomic E-state index is 11.8. The van der Waals surface area contributed by atoms with Crippen LogP contribution in [0.5, 0.6) is 0 Å². The normalized spacial score (nSPS) is 31.4.